The smallest absolute Gasteiger partial charge is 0.237 e. The van der Waals surface area contributed by atoms with Crippen molar-refractivity contribution in [2.75, 3.05) is 12.4 Å². The molecule has 3 atom stereocenters. The maximum atomic E-state index is 14.9. The molecule has 2 aromatic carbocycles. The molecule has 29 heavy (non-hydrogen) atoms. The molecule has 1 heterocycles. The molecule has 150 valence electrons. The number of hydrogen-bond donors (Lipinski definition) is 2. The monoisotopic (exact) mass is 392 g/mol. The molecular weight excluding hydrogens is 367 g/mol. The van der Waals surface area contributed by atoms with Gasteiger partial charge in [0.05, 0.1) is 11.5 Å². The second-order valence-electron chi connectivity index (χ2n) is 8.78. The fraction of sp³-hybridized carbons (Fsp3) is 0.391. The predicted molar refractivity (Wildman–Crippen MR) is 111 cm³/mol. The van der Waals surface area contributed by atoms with Crippen LogP contribution < -0.4 is 11.1 Å². The van der Waals surface area contributed by atoms with Gasteiger partial charge in [-0.3, -0.25) is 9.69 Å². The Balaban J connectivity index is 1.52. The van der Waals surface area contributed by atoms with Crippen LogP contribution in [0, 0.1) is 18.2 Å². The van der Waals surface area contributed by atoms with Crippen molar-refractivity contribution in [2.24, 2.45) is 16.1 Å². The van der Waals surface area contributed by atoms with Gasteiger partial charge in [0.15, 0.2) is 5.96 Å². The number of nitrogens with zero attached hydrogens (tertiary/aromatic N) is 2. The molecule has 5 rings (SSSR count). The molecule has 1 saturated carbocycles. The van der Waals surface area contributed by atoms with E-state index in [2.05, 4.69) is 35.4 Å². The van der Waals surface area contributed by atoms with E-state index in [0.29, 0.717) is 12.0 Å². The van der Waals surface area contributed by atoms with E-state index >= 15 is 0 Å². The summed E-state index contributed by atoms with van der Waals surface area (Å²) in [4.78, 5) is 18.7. The molecule has 2 aliphatic carbocycles. The zero-order chi connectivity index (χ0) is 20.6. The lowest BCUT2D eigenvalue weighted by Gasteiger charge is -2.30. The highest BCUT2D eigenvalue weighted by molar-refractivity contribution is 6.04. The Morgan fingerprint density at radius 1 is 1.31 bits per heavy atom. The lowest BCUT2D eigenvalue weighted by molar-refractivity contribution is -0.132. The van der Waals surface area contributed by atoms with Crippen LogP contribution in [0.1, 0.15) is 48.1 Å². The highest BCUT2D eigenvalue weighted by atomic mass is 19.1. The van der Waals surface area contributed by atoms with Gasteiger partial charge in [-0.1, -0.05) is 18.2 Å². The first-order chi connectivity index (χ1) is 13.8. The topological polar surface area (TPSA) is 70.7 Å². The van der Waals surface area contributed by atoms with Crippen LogP contribution in [0.15, 0.2) is 41.4 Å². The summed E-state index contributed by atoms with van der Waals surface area (Å²) in [5.41, 5.74) is 9.57. The van der Waals surface area contributed by atoms with Crippen molar-refractivity contribution >= 4 is 17.6 Å². The second kappa shape index (κ2) is 5.81. The summed E-state index contributed by atoms with van der Waals surface area (Å²) in [7, 11) is 1.61. The number of amides is 1. The Morgan fingerprint density at radius 2 is 2.10 bits per heavy atom. The molecule has 0 radical (unpaired) electrons. The Bertz CT molecular complexity index is 1080. The van der Waals surface area contributed by atoms with Gasteiger partial charge in [-0.15, -0.1) is 0 Å². The van der Waals surface area contributed by atoms with Gasteiger partial charge in [-0.05, 0) is 68.0 Å². The first-order valence-corrected chi connectivity index (χ1v) is 10.1. The van der Waals surface area contributed by atoms with Crippen molar-refractivity contribution in [2.45, 2.75) is 44.7 Å². The Labute approximate surface area is 169 Å². The van der Waals surface area contributed by atoms with Gasteiger partial charge in [0.2, 0.25) is 5.91 Å². The van der Waals surface area contributed by atoms with E-state index in [9.17, 15) is 9.18 Å². The fourth-order valence-corrected chi connectivity index (χ4v) is 5.26. The lowest BCUT2D eigenvalue weighted by atomic mass is 9.91. The number of carbonyl (C=O) groups excluding carboxylic acids is 1. The number of benzene rings is 2. The summed E-state index contributed by atoms with van der Waals surface area (Å²) in [6.45, 7) is 3.98. The van der Waals surface area contributed by atoms with Crippen LogP contribution in [0.2, 0.25) is 0 Å². The molecule has 1 fully saturated rings. The number of nitrogens with two attached hydrogens (primary N) is 1. The number of carbonyl (C=O) groups is 1. The molecule has 2 unspecified atom stereocenters. The van der Waals surface area contributed by atoms with Crippen LogP contribution in [0.25, 0.3) is 0 Å². The van der Waals surface area contributed by atoms with E-state index in [-0.39, 0.29) is 23.7 Å². The zero-order valence-electron chi connectivity index (χ0n) is 16.9. The van der Waals surface area contributed by atoms with E-state index < -0.39 is 11.0 Å². The van der Waals surface area contributed by atoms with E-state index in [1.807, 2.05) is 13.0 Å². The van der Waals surface area contributed by atoms with Crippen LogP contribution in [0.3, 0.4) is 0 Å². The summed E-state index contributed by atoms with van der Waals surface area (Å²) in [5.74, 6) is -0.317. The first kappa shape index (κ1) is 18.2. The Kier molecular flexibility index (Phi) is 3.64. The van der Waals surface area contributed by atoms with Gasteiger partial charge < -0.3 is 11.1 Å². The van der Waals surface area contributed by atoms with Crippen LogP contribution in [-0.2, 0) is 16.8 Å². The van der Waals surface area contributed by atoms with Crippen molar-refractivity contribution in [3.63, 3.8) is 0 Å². The number of nitrogens with one attached hydrogen (secondary N) is 1. The third-order valence-corrected chi connectivity index (χ3v) is 7.04. The SMILES string of the molecule is Cc1cccc2c1C(Nc1ccc(F)c([C@]34CC3(C)C(=O)N(C)C(N)=N4)c1)CC2. The standard InChI is InChI=1S/C23H25FN4O/c1-13-5-4-6-14-7-10-18(19(13)14)26-15-8-9-17(24)16(11-15)23-12-22(23,2)20(29)28(3)21(25)27-23/h4-6,8-9,11,18,26H,7,10,12H2,1-3H3,(H2,25,27)/t18?,22?,23-/m1/s1. The number of hydrogen-bond acceptors (Lipinski definition) is 4. The number of anilines is 1. The van der Waals surface area contributed by atoms with Gasteiger partial charge in [-0.25, -0.2) is 9.38 Å². The van der Waals surface area contributed by atoms with Crippen molar-refractivity contribution in [1.82, 2.24) is 4.90 Å². The van der Waals surface area contributed by atoms with Gasteiger partial charge in [-0.2, -0.15) is 0 Å². The number of rotatable bonds is 3. The largest absolute Gasteiger partial charge is 0.378 e. The van der Waals surface area contributed by atoms with E-state index in [1.165, 1.54) is 27.7 Å². The summed E-state index contributed by atoms with van der Waals surface area (Å²) in [5, 5.41) is 3.58. The minimum absolute atomic E-state index is 0.108. The van der Waals surface area contributed by atoms with Crippen molar-refractivity contribution in [3.8, 4) is 0 Å². The molecule has 6 heteroatoms. The van der Waals surface area contributed by atoms with Gasteiger partial charge in [0.25, 0.3) is 0 Å². The van der Waals surface area contributed by atoms with Crippen molar-refractivity contribution < 1.29 is 9.18 Å². The third kappa shape index (κ3) is 2.38. The summed E-state index contributed by atoms with van der Waals surface area (Å²) in [6.07, 6.45) is 2.51. The molecule has 0 spiro atoms. The second-order valence-corrected chi connectivity index (χ2v) is 8.78. The van der Waals surface area contributed by atoms with Gasteiger partial charge in [0.1, 0.15) is 11.4 Å². The molecule has 0 saturated heterocycles. The van der Waals surface area contributed by atoms with Crippen molar-refractivity contribution in [1.29, 1.82) is 0 Å². The van der Waals surface area contributed by atoms with E-state index in [1.54, 1.807) is 13.1 Å². The van der Waals surface area contributed by atoms with Crippen LogP contribution in [0.4, 0.5) is 10.1 Å². The summed E-state index contributed by atoms with van der Waals surface area (Å²) >= 11 is 0. The molecule has 0 aromatic heterocycles. The highest BCUT2D eigenvalue weighted by Crippen LogP contribution is 2.68. The van der Waals surface area contributed by atoms with Crippen LogP contribution in [-0.4, -0.2) is 23.8 Å². The Hall–Kier alpha value is -2.89. The summed E-state index contributed by atoms with van der Waals surface area (Å²) in [6, 6.07) is 11.6. The van der Waals surface area contributed by atoms with Crippen LogP contribution in [0.5, 0.6) is 0 Å². The predicted octanol–water partition coefficient (Wildman–Crippen LogP) is 3.63. The average Bonchev–Trinajstić information content (AvgIpc) is 3.10. The molecule has 1 aliphatic heterocycles. The maximum absolute atomic E-state index is 14.9. The quantitative estimate of drug-likeness (QED) is 0.838. The minimum Gasteiger partial charge on any atom is -0.378 e. The molecule has 0 bridgehead atoms. The van der Waals surface area contributed by atoms with Crippen molar-refractivity contribution in [3.05, 3.63) is 64.5 Å². The van der Waals surface area contributed by atoms with Crippen LogP contribution >= 0.6 is 0 Å². The first-order valence-electron chi connectivity index (χ1n) is 10.1. The molecule has 2 aromatic rings. The molecular formula is C23H25FN4O. The normalized spacial score (nSPS) is 29.9. The lowest BCUT2D eigenvalue weighted by Crippen LogP contribution is -2.48. The van der Waals surface area contributed by atoms with E-state index in [4.69, 9.17) is 5.73 Å². The zero-order valence-corrected chi connectivity index (χ0v) is 16.9. The number of fused-ring (bicyclic) bond motifs is 2. The van der Waals surface area contributed by atoms with E-state index in [0.717, 1.165) is 18.5 Å². The highest BCUT2D eigenvalue weighted by Gasteiger charge is 2.74. The molecule has 3 aliphatic rings. The van der Waals surface area contributed by atoms with Gasteiger partial charge in [0, 0.05) is 18.3 Å². The Morgan fingerprint density at radius 3 is 2.90 bits per heavy atom. The summed E-state index contributed by atoms with van der Waals surface area (Å²) < 4.78 is 14.9. The number of guanidine groups is 1. The number of aliphatic imine (C=N–C) groups is 1. The van der Waals surface area contributed by atoms with Gasteiger partial charge >= 0.3 is 0 Å². The number of halogens is 1. The number of aryl methyl sites for hydroxylation is 2. The molecule has 1 amide bonds. The minimum atomic E-state index is -0.911. The third-order valence-electron chi connectivity index (χ3n) is 7.04. The fourth-order valence-electron chi connectivity index (χ4n) is 5.26. The average molecular weight is 392 g/mol. The molecule has 3 N–H and O–H groups in total. The molecule has 5 nitrogen and oxygen atoms in total. The maximum Gasteiger partial charge on any atom is 0.237 e.